The average molecular weight is 284 g/mol. The summed E-state index contributed by atoms with van der Waals surface area (Å²) in [5.74, 6) is 0.854. The van der Waals surface area contributed by atoms with Crippen LogP contribution in [-0.4, -0.2) is 11.7 Å². The number of rotatable bonds is 7. The molecule has 1 N–H and O–H groups in total. The Morgan fingerprint density at radius 2 is 1.71 bits per heavy atom. The fourth-order valence-electron chi connectivity index (χ4n) is 2.37. The lowest BCUT2D eigenvalue weighted by Crippen LogP contribution is -2.01. The van der Waals surface area contributed by atoms with E-state index in [2.05, 4.69) is 26.0 Å². The molecule has 0 saturated heterocycles. The second-order valence-corrected chi connectivity index (χ2v) is 5.32. The maximum Gasteiger partial charge on any atom is 0.119 e. The van der Waals surface area contributed by atoms with E-state index in [0.29, 0.717) is 0 Å². The highest BCUT2D eigenvalue weighted by Gasteiger charge is 2.10. The second kappa shape index (κ2) is 7.84. The Hall–Kier alpha value is -1.80. The van der Waals surface area contributed by atoms with Crippen LogP contribution in [0.4, 0.5) is 0 Å². The zero-order chi connectivity index (χ0) is 15.1. The molecule has 0 radical (unpaired) electrons. The van der Waals surface area contributed by atoms with Crippen LogP contribution in [0, 0.1) is 0 Å². The predicted molar refractivity (Wildman–Crippen MR) is 86.7 cm³/mol. The Bertz CT molecular complexity index is 546. The molecule has 0 fully saturated rings. The molecule has 0 aromatic heterocycles. The molecule has 21 heavy (non-hydrogen) atoms. The number of benzene rings is 2. The molecule has 0 aliphatic rings. The van der Waals surface area contributed by atoms with Crippen LogP contribution in [0.2, 0.25) is 0 Å². The maximum atomic E-state index is 10.5. The van der Waals surface area contributed by atoms with Crippen LogP contribution in [0.25, 0.3) is 0 Å². The van der Waals surface area contributed by atoms with Crippen LogP contribution in [0.3, 0.4) is 0 Å². The van der Waals surface area contributed by atoms with Gasteiger partial charge in [-0.25, -0.2) is 0 Å². The summed E-state index contributed by atoms with van der Waals surface area (Å²) in [6.45, 7) is 4.97. The predicted octanol–water partition coefficient (Wildman–Crippen LogP) is 4.51. The molecule has 0 bridgehead atoms. The van der Waals surface area contributed by atoms with Gasteiger partial charge in [-0.2, -0.15) is 0 Å². The fraction of sp³-hybridized carbons (Fsp3) is 0.368. The largest absolute Gasteiger partial charge is 0.494 e. The van der Waals surface area contributed by atoms with Gasteiger partial charge in [0, 0.05) is 0 Å². The molecule has 112 valence electrons. The van der Waals surface area contributed by atoms with Crippen molar-refractivity contribution in [1.82, 2.24) is 0 Å². The van der Waals surface area contributed by atoms with Gasteiger partial charge in [0.1, 0.15) is 11.9 Å². The summed E-state index contributed by atoms with van der Waals surface area (Å²) in [5, 5.41) is 10.5. The van der Waals surface area contributed by atoms with Gasteiger partial charge < -0.3 is 9.84 Å². The van der Waals surface area contributed by atoms with Crippen molar-refractivity contribution in [3.8, 4) is 5.75 Å². The van der Waals surface area contributed by atoms with Gasteiger partial charge in [-0.3, -0.25) is 0 Å². The fourth-order valence-corrected chi connectivity index (χ4v) is 2.37. The first-order valence-corrected chi connectivity index (χ1v) is 7.74. The minimum Gasteiger partial charge on any atom is -0.494 e. The first-order valence-electron chi connectivity index (χ1n) is 7.74. The van der Waals surface area contributed by atoms with Gasteiger partial charge in [0.25, 0.3) is 0 Å². The molecule has 0 aliphatic carbocycles. The molecular formula is C19H24O2. The summed E-state index contributed by atoms with van der Waals surface area (Å²) in [6.07, 6.45) is 2.57. The second-order valence-electron chi connectivity index (χ2n) is 5.32. The number of aryl methyl sites for hydroxylation is 1. The zero-order valence-electron chi connectivity index (χ0n) is 12.9. The first-order chi connectivity index (χ1) is 10.2. The van der Waals surface area contributed by atoms with Crippen molar-refractivity contribution in [2.24, 2.45) is 0 Å². The van der Waals surface area contributed by atoms with Gasteiger partial charge in [0.15, 0.2) is 0 Å². The van der Waals surface area contributed by atoms with Crippen molar-refractivity contribution < 1.29 is 9.84 Å². The van der Waals surface area contributed by atoms with Crippen molar-refractivity contribution in [3.63, 3.8) is 0 Å². The molecule has 0 aliphatic heterocycles. The highest BCUT2D eigenvalue weighted by atomic mass is 16.5. The number of ether oxygens (including phenoxy) is 1. The number of aliphatic hydroxyl groups is 1. The Labute approximate surface area is 127 Å². The Morgan fingerprint density at radius 3 is 2.38 bits per heavy atom. The van der Waals surface area contributed by atoms with Crippen LogP contribution in [0.1, 0.15) is 49.5 Å². The standard InChI is InChI=1S/C19H24O2/c1-3-6-15-7-5-8-17(14-15)19(20)16-9-11-18(12-10-16)21-13-4-2/h5,7-12,14,19-20H,3-4,6,13H2,1-2H3. The Balaban J connectivity index is 2.11. The Morgan fingerprint density at radius 1 is 0.952 bits per heavy atom. The maximum absolute atomic E-state index is 10.5. The van der Waals surface area contributed by atoms with Crippen LogP contribution in [0.5, 0.6) is 5.75 Å². The number of hydrogen-bond acceptors (Lipinski definition) is 2. The molecule has 0 spiro atoms. The Kier molecular flexibility index (Phi) is 5.82. The highest BCUT2D eigenvalue weighted by Crippen LogP contribution is 2.25. The molecule has 2 nitrogen and oxygen atoms in total. The third kappa shape index (κ3) is 4.33. The van der Waals surface area contributed by atoms with E-state index < -0.39 is 6.10 Å². The summed E-state index contributed by atoms with van der Waals surface area (Å²) in [6, 6.07) is 15.9. The lowest BCUT2D eigenvalue weighted by atomic mass is 9.98. The van der Waals surface area contributed by atoms with Crippen molar-refractivity contribution in [2.75, 3.05) is 6.61 Å². The minimum atomic E-state index is -0.581. The minimum absolute atomic E-state index is 0.581. The first kappa shape index (κ1) is 15.6. The average Bonchev–Trinajstić information content (AvgIpc) is 2.53. The SMILES string of the molecule is CCCOc1ccc(C(O)c2cccc(CCC)c2)cc1. The monoisotopic (exact) mass is 284 g/mol. The van der Waals surface area contributed by atoms with E-state index in [0.717, 1.165) is 42.7 Å². The summed E-state index contributed by atoms with van der Waals surface area (Å²) >= 11 is 0. The molecule has 0 heterocycles. The lowest BCUT2D eigenvalue weighted by Gasteiger charge is -2.13. The molecule has 2 rings (SSSR count). The topological polar surface area (TPSA) is 29.5 Å². The summed E-state index contributed by atoms with van der Waals surface area (Å²) in [4.78, 5) is 0. The number of hydrogen-bond donors (Lipinski definition) is 1. The normalized spacial score (nSPS) is 12.1. The van der Waals surface area contributed by atoms with Gasteiger partial charge in [-0.1, -0.05) is 56.7 Å². The van der Waals surface area contributed by atoms with E-state index in [1.807, 2.05) is 36.4 Å². The molecule has 0 amide bonds. The van der Waals surface area contributed by atoms with E-state index in [-0.39, 0.29) is 0 Å². The smallest absolute Gasteiger partial charge is 0.119 e. The van der Waals surface area contributed by atoms with Crippen molar-refractivity contribution >= 4 is 0 Å². The van der Waals surface area contributed by atoms with Gasteiger partial charge in [-0.15, -0.1) is 0 Å². The van der Waals surface area contributed by atoms with E-state index in [9.17, 15) is 5.11 Å². The quantitative estimate of drug-likeness (QED) is 0.810. The molecular weight excluding hydrogens is 260 g/mol. The van der Waals surface area contributed by atoms with E-state index >= 15 is 0 Å². The van der Waals surface area contributed by atoms with Gasteiger partial charge in [-0.05, 0) is 41.7 Å². The van der Waals surface area contributed by atoms with Crippen molar-refractivity contribution in [2.45, 2.75) is 39.2 Å². The van der Waals surface area contributed by atoms with Crippen molar-refractivity contribution in [3.05, 3.63) is 65.2 Å². The van der Waals surface area contributed by atoms with Gasteiger partial charge >= 0.3 is 0 Å². The van der Waals surface area contributed by atoms with Crippen LogP contribution in [0.15, 0.2) is 48.5 Å². The van der Waals surface area contributed by atoms with Gasteiger partial charge in [0.2, 0.25) is 0 Å². The molecule has 2 heteroatoms. The van der Waals surface area contributed by atoms with E-state index in [1.54, 1.807) is 0 Å². The van der Waals surface area contributed by atoms with E-state index in [4.69, 9.17) is 4.74 Å². The highest BCUT2D eigenvalue weighted by molar-refractivity contribution is 5.35. The van der Waals surface area contributed by atoms with E-state index in [1.165, 1.54) is 5.56 Å². The van der Waals surface area contributed by atoms with Crippen LogP contribution in [-0.2, 0) is 6.42 Å². The zero-order valence-corrected chi connectivity index (χ0v) is 12.9. The molecule has 1 unspecified atom stereocenters. The summed E-state index contributed by atoms with van der Waals surface area (Å²) in [7, 11) is 0. The lowest BCUT2D eigenvalue weighted by molar-refractivity contribution is 0.220. The number of aliphatic hydroxyl groups excluding tert-OH is 1. The summed E-state index contributed by atoms with van der Waals surface area (Å²) < 4.78 is 5.57. The third-order valence-electron chi connectivity index (χ3n) is 3.47. The summed E-state index contributed by atoms with van der Waals surface area (Å²) in [5.41, 5.74) is 3.12. The third-order valence-corrected chi connectivity index (χ3v) is 3.47. The molecule has 2 aromatic rings. The molecule has 2 aromatic carbocycles. The molecule has 0 saturated carbocycles. The molecule has 1 atom stereocenters. The van der Waals surface area contributed by atoms with Crippen LogP contribution < -0.4 is 4.74 Å². The van der Waals surface area contributed by atoms with Crippen LogP contribution >= 0.6 is 0 Å². The van der Waals surface area contributed by atoms with Gasteiger partial charge in [0.05, 0.1) is 6.61 Å². The van der Waals surface area contributed by atoms with Crippen molar-refractivity contribution in [1.29, 1.82) is 0 Å².